The predicted octanol–water partition coefficient (Wildman–Crippen LogP) is 5.29. The van der Waals surface area contributed by atoms with E-state index in [0.29, 0.717) is 16.1 Å². The fourth-order valence-corrected chi connectivity index (χ4v) is 4.02. The van der Waals surface area contributed by atoms with Crippen molar-refractivity contribution in [2.24, 2.45) is 0 Å². The molecule has 1 saturated carbocycles. The first kappa shape index (κ1) is 14.5. The van der Waals surface area contributed by atoms with Crippen LogP contribution < -0.4 is 5.32 Å². The summed E-state index contributed by atoms with van der Waals surface area (Å²) in [5.74, 6) is 0. The van der Waals surface area contributed by atoms with Gasteiger partial charge in [-0.1, -0.05) is 42.5 Å². The molecule has 1 spiro atoms. The standard InChI is InChI=1S/C16H21Cl2NO/c17-12-8-13(18)10-14(9-12)19-11-15-4-7-16(20-15)5-2-1-3-6-16/h8-10,15,19H,1-7,11H2. The van der Waals surface area contributed by atoms with Crippen LogP contribution in [0.2, 0.25) is 10.0 Å². The molecule has 110 valence electrons. The molecule has 1 heterocycles. The maximum atomic E-state index is 6.34. The zero-order chi connectivity index (χ0) is 14.0. The lowest BCUT2D eigenvalue weighted by atomic mass is 9.83. The molecule has 2 aliphatic rings. The maximum absolute atomic E-state index is 6.34. The third kappa shape index (κ3) is 3.41. The Balaban J connectivity index is 1.54. The summed E-state index contributed by atoms with van der Waals surface area (Å²) in [5, 5.41) is 4.72. The summed E-state index contributed by atoms with van der Waals surface area (Å²) in [7, 11) is 0. The Bertz CT molecular complexity index is 451. The van der Waals surface area contributed by atoms with E-state index in [1.165, 1.54) is 38.5 Å². The predicted molar refractivity (Wildman–Crippen MR) is 84.9 cm³/mol. The molecule has 1 atom stereocenters. The first-order chi connectivity index (χ1) is 9.65. The van der Waals surface area contributed by atoms with Crippen LogP contribution in [0.1, 0.15) is 44.9 Å². The van der Waals surface area contributed by atoms with Gasteiger partial charge in [-0.25, -0.2) is 0 Å². The van der Waals surface area contributed by atoms with Crippen LogP contribution >= 0.6 is 23.2 Å². The highest BCUT2D eigenvalue weighted by Crippen LogP contribution is 2.41. The highest BCUT2D eigenvalue weighted by Gasteiger charge is 2.40. The summed E-state index contributed by atoms with van der Waals surface area (Å²) in [6, 6.07) is 5.55. The maximum Gasteiger partial charge on any atom is 0.0756 e. The van der Waals surface area contributed by atoms with Gasteiger partial charge in [0.05, 0.1) is 11.7 Å². The van der Waals surface area contributed by atoms with E-state index >= 15 is 0 Å². The van der Waals surface area contributed by atoms with Gasteiger partial charge in [0.15, 0.2) is 0 Å². The molecule has 0 aromatic heterocycles. The zero-order valence-corrected chi connectivity index (χ0v) is 13.1. The van der Waals surface area contributed by atoms with Crippen molar-refractivity contribution in [3.63, 3.8) is 0 Å². The topological polar surface area (TPSA) is 21.3 Å². The number of nitrogens with one attached hydrogen (secondary N) is 1. The average Bonchev–Trinajstić information content (AvgIpc) is 2.79. The summed E-state index contributed by atoms with van der Waals surface area (Å²) in [6.07, 6.45) is 9.19. The Hall–Kier alpha value is -0.440. The number of halogens is 2. The highest BCUT2D eigenvalue weighted by atomic mass is 35.5. The average molecular weight is 314 g/mol. The molecule has 2 nitrogen and oxygen atoms in total. The molecule has 0 bridgehead atoms. The number of anilines is 1. The second-order valence-corrected chi connectivity index (χ2v) is 6.93. The SMILES string of the molecule is Clc1cc(Cl)cc(NCC2CCC3(CCCCC3)O2)c1. The normalized spacial score (nSPS) is 25.0. The quantitative estimate of drug-likeness (QED) is 0.819. The second-order valence-electron chi connectivity index (χ2n) is 6.06. The van der Waals surface area contributed by atoms with E-state index in [0.717, 1.165) is 18.7 Å². The van der Waals surface area contributed by atoms with Crippen molar-refractivity contribution in [3.05, 3.63) is 28.2 Å². The fourth-order valence-electron chi connectivity index (χ4n) is 3.49. The molecule has 1 aromatic carbocycles. The molecule has 3 rings (SSSR count). The van der Waals surface area contributed by atoms with Crippen molar-refractivity contribution >= 4 is 28.9 Å². The second kappa shape index (κ2) is 6.13. The molecule has 1 aliphatic heterocycles. The molecule has 4 heteroatoms. The Labute approximate surface area is 130 Å². The number of benzene rings is 1. The van der Waals surface area contributed by atoms with Crippen molar-refractivity contribution in [2.45, 2.75) is 56.7 Å². The van der Waals surface area contributed by atoms with Crippen molar-refractivity contribution in [1.82, 2.24) is 0 Å². The lowest BCUT2D eigenvalue weighted by Gasteiger charge is -2.33. The van der Waals surface area contributed by atoms with Gasteiger partial charge in [0.2, 0.25) is 0 Å². The Morgan fingerprint density at radius 2 is 1.75 bits per heavy atom. The molecule has 0 amide bonds. The molecule has 1 saturated heterocycles. The molecule has 1 unspecified atom stereocenters. The third-order valence-corrected chi connectivity index (χ3v) is 4.94. The fraction of sp³-hybridized carbons (Fsp3) is 0.625. The van der Waals surface area contributed by atoms with Crippen LogP contribution in [0, 0.1) is 0 Å². The molecule has 1 aliphatic carbocycles. The molecule has 1 aromatic rings. The lowest BCUT2D eigenvalue weighted by molar-refractivity contribution is -0.0588. The molecule has 2 fully saturated rings. The van der Waals surface area contributed by atoms with Gasteiger partial charge in [-0.05, 0) is 43.9 Å². The van der Waals surface area contributed by atoms with E-state index in [1.54, 1.807) is 6.07 Å². The van der Waals surface area contributed by atoms with E-state index in [4.69, 9.17) is 27.9 Å². The Kier molecular flexibility index (Phi) is 4.44. The van der Waals surface area contributed by atoms with Gasteiger partial charge in [0.25, 0.3) is 0 Å². The van der Waals surface area contributed by atoms with Crippen LogP contribution in [0.25, 0.3) is 0 Å². The van der Waals surface area contributed by atoms with Crippen LogP contribution in [-0.4, -0.2) is 18.2 Å². The number of ether oxygens (including phenoxy) is 1. The van der Waals surface area contributed by atoms with Crippen molar-refractivity contribution in [1.29, 1.82) is 0 Å². The minimum absolute atomic E-state index is 0.191. The Morgan fingerprint density at radius 3 is 2.45 bits per heavy atom. The number of hydrogen-bond donors (Lipinski definition) is 1. The van der Waals surface area contributed by atoms with E-state index in [1.807, 2.05) is 12.1 Å². The third-order valence-electron chi connectivity index (χ3n) is 4.50. The molecular weight excluding hydrogens is 293 g/mol. The van der Waals surface area contributed by atoms with Crippen LogP contribution in [0.15, 0.2) is 18.2 Å². The summed E-state index contributed by atoms with van der Waals surface area (Å²) in [4.78, 5) is 0. The molecular formula is C16H21Cl2NO. The van der Waals surface area contributed by atoms with Crippen LogP contribution in [-0.2, 0) is 4.74 Å². The van der Waals surface area contributed by atoms with Crippen molar-refractivity contribution in [3.8, 4) is 0 Å². The van der Waals surface area contributed by atoms with E-state index in [9.17, 15) is 0 Å². The van der Waals surface area contributed by atoms with E-state index < -0.39 is 0 Å². The van der Waals surface area contributed by atoms with Crippen molar-refractivity contribution in [2.75, 3.05) is 11.9 Å². The van der Waals surface area contributed by atoms with Crippen LogP contribution in [0.3, 0.4) is 0 Å². The van der Waals surface area contributed by atoms with Gasteiger partial charge in [0, 0.05) is 22.3 Å². The smallest absolute Gasteiger partial charge is 0.0756 e. The van der Waals surface area contributed by atoms with Gasteiger partial charge in [-0.3, -0.25) is 0 Å². The van der Waals surface area contributed by atoms with Crippen molar-refractivity contribution < 1.29 is 4.74 Å². The van der Waals surface area contributed by atoms with Gasteiger partial charge in [-0.15, -0.1) is 0 Å². The van der Waals surface area contributed by atoms with E-state index in [-0.39, 0.29) is 5.60 Å². The monoisotopic (exact) mass is 313 g/mol. The van der Waals surface area contributed by atoms with Crippen LogP contribution in [0.5, 0.6) is 0 Å². The van der Waals surface area contributed by atoms with Gasteiger partial charge >= 0.3 is 0 Å². The summed E-state index contributed by atoms with van der Waals surface area (Å²) >= 11 is 12.0. The van der Waals surface area contributed by atoms with Gasteiger partial charge in [-0.2, -0.15) is 0 Å². The molecule has 20 heavy (non-hydrogen) atoms. The minimum atomic E-state index is 0.191. The molecule has 1 N–H and O–H groups in total. The zero-order valence-electron chi connectivity index (χ0n) is 11.6. The molecule has 0 radical (unpaired) electrons. The van der Waals surface area contributed by atoms with Gasteiger partial charge < -0.3 is 10.1 Å². The summed E-state index contributed by atoms with van der Waals surface area (Å²) in [6.45, 7) is 0.832. The van der Waals surface area contributed by atoms with Gasteiger partial charge in [0.1, 0.15) is 0 Å². The lowest BCUT2D eigenvalue weighted by Crippen LogP contribution is -2.33. The number of hydrogen-bond acceptors (Lipinski definition) is 2. The Morgan fingerprint density at radius 1 is 1.05 bits per heavy atom. The summed E-state index contributed by atoms with van der Waals surface area (Å²) in [5.41, 5.74) is 1.16. The minimum Gasteiger partial charge on any atom is -0.382 e. The van der Waals surface area contributed by atoms with Crippen LogP contribution in [0.4, 0.5) is 5.69 Å². The summed E-state index contributed by atoms with van der Waals surface area (Å²) < 4.78 is 6.34. The highest BCUT2D eigenvalue weighted by molar-refractivity contribution is 6.35. The number of rotatable bonds is 3. The first-order valence-corrected chi connectivity index (χ1v) is 8.29. The largest absolute Gasteiger partial charge is 0.382 e. The first-order valence-electron chi connectivity index (χ1n) is 7.53. The van der Waals surface area contributed by atoms with E-state index in [2.05, 4.69) is 5.32 Å².